The highest BCUT2D eigenvalue weighted by Crippen LogP contribution is 2.33. The lowest BCUT2D eigenvalue weighted by Crippen LogP contribution is -2.36. The van der Waals surface area contributed by atoms with Gasteiger partial charge < -0.3 is 10.6 Å². The predicted molar refractivity (Wildman–Crippen MR) is 85.8 cm³/mol. The van der Waals surface area contributed by atoms with E-state index in [4.69, 9.17) is 5.73 Å². The average molecular weight is 306 g/mol. The molecule has 0 bridgehead atoms. The molecule has 5 heteroatoms. The molecule has 1 atom stereocenters. The minimum atomic E-state index is -0.377. The van der Waals surface area contributed by atoms with Gasteiger partial charge in [-0.3, -0.25) is 9.59 Å². The molecule has 1 aromatic rings. The van der Waals surface area contributed by atoms with E-state index in [1.807, 2.05) is 35.2 Å². The van der Waals surface area contributed by atoms with Crippen molar-refractivity contribution in [1.29, 1.82) is 0 Å². The van der Waals surface area contributed by atoms with Gasteiger partial charge >= 0.3 is 0 Å². The van der Waals surface area contributed by atoms with Crippen LogP contribution >= 0.6 is 11.8 Å². The Hall–Kier alpha value is -1.49. The van der Waals surface area contributed by atoms with Crippen LogP contribution in [0.2, 0.25) is 0 Å². The highest BCUT2D eigenvalue weighted by Gasteiger charge is 2.29. The number of primary amides is 1. The lowest BCUT2D eigenvalue weighted by Gasteiger charge is -2.30. The predicted octanol–water partition coefficient (Wildman–Crippen LogP) is 2.20. The molecule has 0 radical (unpaired) electrons. The lowest BCUT2D eigenvalue weighted by atomic mass is 10.1. The van der Waals surface area contributed by atoms with Gasteiger partial charge in [-0.05, 0) is 31.2 Å². The number of amides is 2. The molecular formula is C16H22N2O2S. The Morgan fingerprint density at radius 3 is 2.52 bits per heavy atom. The Kier molecular flexibility index (Phi) is 5.67. The normalized spacial score (nSPS) is 15.5. The van der Waals surface area contributed by atoms with Crippen LogP contribution < -0.4 is 5.73 Å². The largest absolute Gasteiger partial charge is 0.369 e. The van der Waals surface area contributed by atoms with Gasteiger partial charge in [0.2, 0.25) is 11.8 Å². The molecule has 0 aromatic heterocycles. The van der Waals surface area contributed by atoms with Crippen LogP contribution in [0.4, 0.5) is 0 Å². The van der Waals surface area contributed by atoms with Crippen LogP contribution in [0.5, 0.6) is 0 Å². The van der Waals surface area contributed by atoms with E-state index in [0.717, 1.165) is 12.1 Å². The number of carbonyl (C=O) groups excluding carboxylic acids is 2. The van der Waals surface area contributed by atoms with Gasteiger partial charge in [-0.2, -0.15) is 0 Å². The Bertz CT molecular complexity index is 488. The number of hydrogen-bond acceptors (Lipinski definition) is 3. The molecule has 0 spiro atoms. The van der Waals surface area contributed by atoms with Gasteiger partial charge in [0.25, 0.3) is 0 Å². The SMILES string of the molecule is C[C@H](c1ccccc1)N(CC1CC1)C(=O)CSCC(N)=O. The van der Waals surface area contributed by atoms with Crippen LogP contribution in [0, 0.1) is 5.92 Å². The van der Waals surface area contributed by atoms with E-state index in [-0.39, 0.29) is 23.6 Å². The summed E-state index contributed by atoms with van der Waals surface area (Å²) in [6, 6.07) is 10.1. The molecule has 1 saturated carbocycles. The Labute approximate surface area is 130 Å². The van der Waals surface area contributed by atoms with Crippen LogP contribution in [-0.4, -0.2) is 34.8 Å². The number of hydrogen-bond donors (Lipinski definition) is 1. The molecule has 0 unspecified atom stereocenters. The summed E-state index contributed by atoms with van der Waals surface area (Å²) in [7, 11) is 0. The first-order chi connectivity index (χ1) is 10.1. The molecule has 1 aromatic carbocycles. The number of rotatable bonds is 8. The van der Waals surface area contributed by atoms with Crippen molar-refractivity contribution in [2.75, 3.05) is 18.1 Å². The fourth-order valence-corrected chi connectivity index (χ4v) is 2.93. The van der Waals surface area contributed by atoms with Crippen molar-refractivity contribution in [1.82, 2.24) is 4.90 Å². The highest BCUT2D eigenvalue weighted by molar-refractivity contribution is 8.00. The van der Waals surface area contributed by atoms with E-state index in [0.29, 0.717) is 11.7 Å². The van der Waals surface area contributed by atoms with Crippen molar-refractivity contribution >= 4 is 23.6 Å². The van der Waals surface area contributed by atoms with Gasteiger partial charge in [0, 0.05) is 6.54 Å². The first kappa shape index (κ1) is 15.9. The van der Waals surface area contributed by atoms with Gasteiger partial charge in [0.15, 0.2) is 0 Å². The van der Waals surface area contributed by atoms with Gasteiger partial charge in [-0.1, -0.05) is 30.3 Å². The molecule has 2 rings (SSSR count). The summed E-state index contributed by atoms with van der Waals surface area (Å²) in [6.45, 7) is 2.88. The summed E-state index contributed by atoms with van der Waals surface area (Å²) in [5.41, 5.74) is 6.26. The highest BCUT2D eigenvalue weighted by atomic mass is 32.2. The van der Waals surface area contributed by atoms with E-state index in [9.17, 15) is 9.59 Å². The van der Waals surface area contributed by atoms with Crippen LogP contribution in [0.25, 0.3) is 0 Å². The summed E-state index contributed by atoms with van der Waals surface area (Å²) in [5.74, 6) is 0.860. The third-order valence-electron chi connectivity index (χ3n) is 3.69. The third-order valence-corrected chi connectivity index (χ3v) is 4.63. The van der Waals surface area contributed by atoms with Crippen molar-refractivity contribution < 1.29 is 9.59 Å². The lowest BCUT2D eigenvalue weighted by molar-refractivity contribution is -0.130. The van der Waals surface area contributed by atoms with Gasteiger partial charge in [0.1, 0.15) is 0 Å². The molecule has 114 valence electrons. The smallest absolute Gasteiger partial charge is 0.233 e. The van der Waals surface area contributed by atoms with E-state index in [1.165, 1.54) is 24.6 Å². The quantitative estimate of drug-likeness (QED) is 0.801. The summed E-state index contributed by atoms with van der Waals surface area (Å²) < 4.78 is 0. The minimum absolute atomic E-state index is 0.0634. The molecule has 0 aliphatic heterocycles. The second-order valence-electron chi connectivity index (χ2n) is 5.54. The molecule has 21 heavy (non-hydrogen) atoms. The number of thioether (sulfide) groups is 1. The third kappa shape index (κ3) is 5.08. The number of nitrogens with two attached hydrogens (primary N) is 1. The first-order valence-electron chi connectivity index (χ1n) is 7.28. The van der Waals surface area contributed by atoms with Gasteiger partial charge in [0.05, 0.1) is 17.5 Å². The zero-order chi connectivity index (χ0) is 15.2. The van der Waals surface area contributed by atoms with Crippen LogP contribution in [0.3, 0.4) is 0 Å². The zero-order valence-corrected chi connectivity index (χ0v) is 13.1. The van der Waals surface area contributed by atoms with Crippen molar-refractivity contribution in [3.8, 4) is 0 Å². The maximum atomic E-state index is 12.5. The molecule has 0 saturated heterocycles. The fourth-order valence-electron chi connectivity index (χ4n) is 2.29. The van der Waals surface area contributed by atoms with Gasteiger partial charge in [-0.15, -0.1) is 11.8 Å². The molecule has 2 amide bonds. The topological polar surface area (TPSA) is 63.4 Å². The maximum absolute atomic E-state index is 12.5. The number of carbonyl (C=O) groups is 2. The van der Waals surface area contributed by atoms with Crippen LogP contribution in [0.15, 0.2) is 30.3 Å². The van der Waals surface area contributed by atoms with Gasteiger partial charge in [-0.25, -0.2) is 0 Å². The van der Waals surface area contributed by atoms with Crippen molar-refractivity contribution in [3.05, 3.63) is 35.9 Å². The van der Waals surface area contributed by atoms with Crippen molar-refractivity contribution in [2.24, 2.45) is 11.7 Å². The minimum Gasteiger partial charge on any atom is -0.369 e. The second-order valence-corrected chi connectivity index (χ2v) is 6.52. The zero-order valence-electron chi connectivity index (χ0n) is 12.3. The maximum Gasteiger partial charge on any atom is 0.233 e. The van der Waals surface area contributed by atoms with Crippen LogP contribution in [0.1, 0.15) is 31.4 Å². The van der Waals surface area contributed by atoms with Crippen molar-refractivity contribution in [2.45, 2.75) is 25.8 Å². The Morgan fingerprint density at radius 2 is 1.95 bits per heavy atom. The van der Waals surface area contributed by atoms with E-state index in [1.54, 1.807) is 0 Å². The molecular weight excluding hydrogens is 284 g/mol. The monoisotopic (exact) mass is 306 g/mol. The molecule has 1 fully saturated rings. The van der Waals surface area contributed by atoms with E-state index >= 15 is 0 Å². The van der Waals surface area contributed by atoms with Crippen molar-refractivity contribution in [3.63, 3.8) is 0 Å². The van der Waals surface area contributed by atoms with E-state index < -0.39 is 0 Å². The standard InChI is InChI=1S/C16H22N2O2S/c1-12(14-5-3-2-4-6-14)18(9-13-7-8-13)16(20)11-21-10-15(17)19/h2-6,12-13H,7-11H2,1H3,(H2,17,19)/t12-/m1/s1. The molecule has 4 nitrogen and oxygen atoms in total. The average Bonchev–Trinajstić information content (AvgIpc) is 3.28. The molecule has 1 aliphatic carbocycles. The number of nitrogens with zero attached hydrogens (tertiary/aromatic N) is 1. The van der Waals surface area contributed by atoms with Crippen LogP contribution in [-0.2, 0) is 9.59 Å². The Balaban J connectivity index is 1.99. The Morgan fingerprint density at radius 1 is 1.29 bits per heavy atom. The molecule has 1 aliphatic rings. The van der Waals surface area contributed by atoms with E-state index in [2.05, 4.69) is 6.92 Å². The summed E-state index contributed by atoms with van der Waals surface area (Å²) in [5, 5.41) is 0. The second kappa shape index (κ2) is 7.50. The molecule has 0 heterocycles. The summed E-state index contributed by atoms with van der Waals surface area (Å²) >= 11 is 1.29. The summed E-state index contributed by atoms with van der Waals surface area (Å²) in [6.07, 6.45) is 2.42. The molecule has 2 N–H and O–H groups in total. The first-order valence-corrected chi connectivity index (χ1v) is 8.44. The fraction of sp³-hybridized carbons (Fsp3) is 0.500. The summed E-state index contributed by atoms with van der Waals surface area (Å²) in [4.78, 5) is 25.2. The number of benzene rings is 1.